The summed E-state index contributed by atoms with van der Waals surface area (Å²) in [5.74, 6) is 1.45. The Kier molecular flexibility index (Phi) is 4.88. The summed E-state index contributed by atoms with van der Waals surface area (Å²) >= 11 is 0. The average Bonchev–Trinajstić information content (AvgIpc) is 3.27. The third-order valence-corrected chi connectivity index (χ3v) is 5.69. The molecule has 142 valence electrons. The zero-order valence-corrected chi connectivity index (χ0v) is 15.5. The number of benzene rings is 1. The van der Waals surface area contributed by atoms with Gasteiger partial charge < -0.3 is 19.0 Å². The summed E-state index contributed by atoms with van der Waals surface area (Å²) in [6.45, 7) is 2.10. The molecule has 1 aromatic carbocycles. The monoisotopic (exact) mass is 368 g/mol. The molecule has 0 N–H and O–H groups in total. The highest BCUT2D eigenvalue weighted by Crippen LogP contribution is 2.32. The van der Waals surface area contributed by atoms with Gasteiger partial charge in [0.05, 0.1) is 13.4 Å². The van der Waals surface area contributed by atoms with E-state index in [0.29, 0.717) is 30.3 Å². The lowest BCUT2D eigenvalue weighted by molar-refractivity contribution is 0.0187. The van der Waals surface area contributed by atoms with Gasteiger partial charge in [-0.1, -0.05) is 0 Å². The molecule has 6 nitrogen and oxygen atoms in total. The van der Waals surface area contributed by atoms with E-state index in [9.17, 15) is 9.59 Å². The summed E-state index contributed by atoms with van der Waals surface area (Å²) in [4.78, 5) is 29.5. The predicted octanol–water partition coefficient (Wildman–Crippen LogP) is 3.06. The molecule has 0 bridgehead atoms. The summed E-state index contributed by atoms with van der Waals surface area (Å²) in [6.07, 6.45) is 4.33. The van der Waals surface area contributed by atoms with Crippen molar-refractivity contribution < 1.29 is 18.7 Å². The number of amides is 2. The van der Waals surface area contributed by atoms with Gasteiger partial charge in [-0.15, -0.1) is 0 Å². The molecule has 0 unspecified atom stereocenters. The topological polar surface area (TPSA) is 63.0 Å². The van der Waals surface area contributed by atoms with Crippen molar-refractivity contribution in [2.75, 3.05) is 26.7 Å². The van der Waals surface area contributed by atoms with Crippen LogP contribution in [0.25, 0.3) is 0 Å². The summed E-state index contributed by atoms with van der Waals surface area (Å²) in [5, 5.41) is 0. The second-order valence-electron chi connectivity index (χ2n) is 7.21. The molecule has 2 amide bonds. The first kappa shape index (κ1) is 17.6. The van der Waals surface area contributed by atoms with Crippen LogP contribution in [0, 0.1) is 5.92 Å². The Labute approximate surface area is 158 Å². The maximum absolute atomic E-state index is 13.0. The van der Waals surface area contributed by atoms with Gasteiger partial charge in [0.15, 0.2) is 5.76 Å². The van der Waals surface area contributed by atoms with Crippen LogP contribution in [0.2, 0.25) is 0 Å². The summed E-state index contributed by atoms with van der Waals surface area (Å²) in [6, 6.07) is 10.9. The number of carbonyl (C=O) groups is 2. The number of hydrogen-bond acceptors (Lipinski definition) is 4. The Morgan fingerprint density at radius 3 is 2.59 bits per heavy atom. The fourth-order valence-corrected chi connectivity index (χ4v) is 4.30. The molecule has 2 aromatic rings. The molecule has 2 saturated heterocycles. The smallest absolute Gasteiger partial charge is 0.289 e. The van der Waals surface area contributed by atoms with Crippen molar-refractivity contribution in [3.05, 3.63) is 54.0 Å². The maximum atomic E-state index is 13.0. The van der Waals surface area contributed by atoms with Crippen LogP contribution in [0.4, 0.5) is 0 Å². The predicted molar refractivity (Wildman–Crippen MR) is 99.8 cm³/mol. The fourth-order valence-electron chi connectivity index (χ4n) is 4.30. The minimum absolute atomic E-state index is 0.0583. The number of nitrogens with zero attached hydrogens (tertiary/aromatic N) is 2. The normalized spacial score (nSPS) is 22.3. The minimum atomic E-state index is -0.0583. The molecule has 0 spiro atoms. The second kappa shape index (κ2) is 7.47. The van der Waals surface area contributed by atoms with Crippen LogP contribution in [0.5, 0.6) is 5.75 Å². The van der Waals surface area contributed by atoms with Gasteiger partial charge in [0.1, 0.15) is 5.75 Å². The van der Waals surface area contributed by atoms with E-state index in [1.807, 2.05) is 34.1 Å². The van der Waals surface area contributed by atoms with E-state index in [1.165, 1.54) is 6.26 Å². The number of piperidine rings is 2. The quantitative estimate of drug-likeness (QED) is 0.835. The van der Waals surface area contributed by atoms with E-state index >= 15 is 0 Å². The van der Waals surface area contributed by atoms with E-state index in [4.69, 9.17) is 9.15 Å². The molecule has 0 saturated carbocycles. The zero-order chi connectivity index (χ0) is 18.8. The van der Waals surface area contributed by atoms with Gasteiger partial charge in [-0.2, -0.15) is 0 Å². The molecule has 2 aliphatic heterocycles. The summed E-state index contributed by atoms with van der Waals surface area (Å²) in [7, 11) is 1.61. The first-order valence-electron chi connectivity index (χ1n) is 9.45. The number of likely N-dealkylation sites (tertiary alicyclic amines) is 2. The third kappa shape index (κ3) is 3.44. The van der Waals surface area contributed by atoms with Gasteiger partial charge in [0, 0.05) is 31.2 Å². The number of ether oxygens (including phenoxy) is 1. The van der Waals surface area contributed by atoms with Crippen molar-refractivity contribution in [1.29, 1.82) is 0 Å². The number of hydrogen-bond donors (Lipinski definition) is 0. The van der Waals surface area contributed by atoms with Crippen LogP contribution >= 0.6 is 0 Å². The number of methoxy groups -OCH3 is 1. The second-order valence-corrected chi connectivity index (χ2v) is 7.21. The number of rotatable bonds is 3. The van der Waals surface area contributed by atoms with Crippen molar-refractivity contribution >= 4 is 11.8 Å². The molecule has 4 rings (SSSR count). The van der Waals surface area contributed by atoms with Gasteiger partial charge >= 0.3 is 0 Å². The van der Waals surface area contributed by atoms with Crippen molar-refractivity contribution in [1.82, 2.24) is 9.80 Å². The Balaban J connectivity index is 1.46. The van der Waals surface area contributed by atoms with E-state index in [1.54, 1.807) is 19.2 Å². The summed E-state index contributed by atoms with van der Waals surface area (Å²) in [5.41, 5.74) is 0.686. The highest BCUT2D eigenvalue weighted by Gasteiger charge is 2.39. The van der Waals surface area contributed by atoms with Gasteiger partial charge in [-0.05, 0) is 61.6 Å². The third-order valence-electron chi connectivity index (χ3n) is 5.69. The van der Waals surface area contributed by atoms with Crippen LogP contribution < -0.4 is 4.74 Å². The molecule has 2 atom stereocenters. The highest BCUT2D eigenvalue weighted by molar-refractivity contribution is 5.95. The Hall–Kier alpha value is -2.76. The minimum Gasteiger partial charge on any atom is -0.497 e. The van der Waals surface area contributed by atoms with Crippen molar-refractivity contribution in [2.24, 2.45) is 5.92 Å². The lowest BCUT2D eigenvalue weighted by atomic mass is 9.83. The Morgan fingerprint density at radius 2 is 1.89 bits per heavy atom. The zero-order valence-electron chi connectivity index (χ0n) is 15.5. The first-order chi connectivity index (χ1) is 13.2. The van der Waals surface area contributed by atoms with Crippen LogP contribution in [0.3, 0.4) is 0 Å². The van der Waals surface area contributed by atoms with E-state index in [-0.39, 0.29) is 17.9 Å². The fraction of sp³-hybridized carbons (Fsp3) is 0.429. The summed E-state index contributed by atoms with van der Waals surface area (Å²) < 4.78 is 10.4. The Morgan fingerprint density at radius 1 is 1.07 bits per heavy atom. The Bertz CT molecular complexity index is 800. The maximum Gasteiger partial charge on any atom is 0.289 e. The SMILES string of the molecule is COc1ccc(C(=O)N2CCC[C@@H]3CN(C(=O)c4ccco4)CC[C@@H]32)cc1. The van der Waals surface area contributed by atoms with Gasteiger partial charge in [0.2, 0.25) is 0 Å². The van der Waals surface area contributed by atoms with E-state index in [2.05, 4.69) is 0 Å². The molecule has 6 heteroatoms. The van der Waals surface area contributed by atoms with Crippen molar-refractivity contribution in [3.63, 3.8) is 0 Å². The number of carbonyl (C=O) groups excluding carboxylic acids is 2. The van der Waals surface area contributed by atoms with Gasteiger partial charge in [-0.3, -0.25) is 9.59 Å². The average molecular weight is 368 g/mol. The van der Waals surface area contributed by atoms with E-state index < -0.39 is 0 Å². The first-order valence-corrected chi connectivity index (χ1v) is 9.45. The van der Waals surface area contributed by atoms with Crippen LogP contribution in [-0.2, 0) is 0 Å². The molecule has 2 fully saturated rings. The molecule has 0 radical (unpaired) electrons. The molecular formula is C21H24N2O4. The molecule has 2 aliphatic rings. The van der Waals surface area contributed by atoms with Crippen molar-refractivity contribution in [2.45, 2.75) is 25.3 Å². The van der Waals surface area contributed by atoms with Gasteiger partial charge in [0.25, 0.3) is 11.8 Å². The van der Waals surface area contributed by atoms with Gasteiger partial charge in [-0.25, -0.2) is 0 Å². The molecule has 27 heavy (non-hydrogen) atoms. The number of furan rings is 1. The molecule has 3 heterocycles. The highest BCUT2D eigenvalue weighted by atomic mass is 16.5. The molecule has 1 aromatic heterocycles. The lowest BCUT2D eigenvalue weighted by Crippen LogP contribution is -2.56. The van der Waals surface area contributed by atoms with Crippen LogP contribution in [0.15, 0.2) is 47.1 Å². The van der Waals surface area contributed by atoms with E-state index in [0.717, 1.165) is 31.6 Å². The lowest BCUT2D eigenvalue weighted by Gasteiger charge is -2.47. The standard InChI is InChI=1S/C21H24N2O4/c1-26-17-8-6-15(7-9-17)20(24)23-11-2-4-16-14-22(12-10-18(16)23)21(25)19-5-3-13-27-19/h3,5-9,13,16,18H,2,4,10-12,14H2,1H3/t16-,18+/m1/s1. The largest absolute Gasteiger partial charge is 0.497 e. The number of fused-ring (bicyclic) bond motifs is 1. The van der Waals surface area contributed by atoms with Crippen LogP contribution in [-0.4, -0.2) is 54.4 Å². The molecular weight excluding hydrogens is 344 g/mol. The van der Waals surface area contributed by atoms with Crippen molar-refractivity contribution in [3.8, 4) is 5.75 Å². The molecule has 0 aliphatic carbocycles. The van der Waals surface area contributed by atoms with Crippen LogP contribution in [0.1, 0.15) is 40.2 Å².